The van der Waals surface area contributed by atoms with Gasteiger partial charge in [0.1, 0.15) is 12.4 Å². The van der Waals surface area contributed by atoms with Gasteiger partial charge in [-0.2, -0.15) is 0 Å². The van der Waals surface area contributed by atoms with Crippen LogP contribution in [0.4, 0.5) is 0 Å². The number of likely N-dealkylation sites (tertiary alicyclic amines) is 1. The van der Waals surface area contributed by atoms with Crippen molar-refractivity contribution in [2.24, 2.45) is 0 Å². The molecule has 7 nitrogen and oxygen atoms in total. The van der Waals surface area contributed by atoms with Gasteiger partial charge in [-0.15, -0.1) is 0 Å². The summed E-state index contributed by atoms with van der Waals surface area (Å²) in [5.41, 5.74) is 1.26. The summed E-state index contributed by atoms with van der Waals surface area (Å²) < 4.78 is 16.7. The van der Waals surface area contributed by atoms with Crippen LogP contribution in [0.5, 0.6) is 5.75 Å². The molecule has 0 saturated carbocycles. The number of aliphatic hydroxyl groups excluding tert-OH is 1. The zero-order valence-corrected chi connectivity index (χ0v) is 16.7. The standard InChI is InChI=1S/C21H33N3O4/c25-21-17-23(16-20(21)24-8-12-27-13-9-24)15-18-1-3-19(4-2-18)28-14-7-22-5-10-26-11-6-22/h1-4,20-21,25H,5-17H2/t20-,21-/m0/s1. The van der Waals surface area contributed by atoms with Gasteiger partial charge in [-0.1, -0.05) is 12.1 Å². The predicted molar refractivity (Wildman–Crippen MR) is 107 cm³/mol. The predicted octanol–water partition coefficient (Wildman–Crippen LogP) is 0.275. The summed E-state index contributed by atoms with van der Waals surface area (Å²) >= 11 is 0. The zero-order valence-electron chi connectivity index (χ0n) is 16.7. The Morgan fingerprint density at radius 1 is 0.893 bits per heavy atom. The van der Waals surface area contributed by atoms with E-state index in [2.05, 4.69) is 39.0 Å². The lowest BCUT2D eigenvalue weighted by Gasteiger charge is -2.33. The van der Waals surface area contributed by atoms with Crippen LogP contribution in [0, 0.1) is 0 Å². The fourth-order valence-electron chi connectivity index (χ4n) is 4.31. The summed E-state index contributed by atoms with van der Waals surface area (Å²) in [6.45, 7) is 11.2. The van der Waals surface area contributed by atoms with E-state index in [1.54, 1.807) is 0 Å². The maximum atomic E-state index is 10.5. The average Bonchev–Trinajstić information content (AvgIpc) is 3.11. The van der Waals surface area contributed by atoms with Crippen LogP contribution in [0.25, 0.3) is 0 Å². The van der Waals surface area contributed by atoms with E-state index in [9.17, 15) is 5.11 Å². The third kappa shape index (κ3) is 5.43. The normalized spacial score (nSPS) is 27.9. The van der Waals surface area contributed by atoms with Crippen molar-refractivity contribution in [2.45, 2.75) is 18.7 Å². The smallest absolute Gasteiger partial charge is 0.119 e. The number of aliphatic hydroxyl groups is 1. The monoisotopic (exact) mass is 391 g/mol. The van der Waals surface area contributed by atoms with E-state index in [1.807, 2.05) is 0 Å². The molecule has 4 rings (SSSR count). The summed E-state index contributed by atoms with van der Waals surface area (Å²) in [4.78, 5) is 7.10. The molecule has 0 aromatic heterocycles. The van der Waals surface area contributed by atoms with Crippen molar-refractivity contribution >= 4 is 0 Å². The highest BCUT2D eigenvalue weighted by molar-refractivity contribution is 5.27. The van der Waals surface area contributed by atoms with Gasteiger partial charge >= 0.3 is 0 Å². The second-order valence-electron chi connectivity index (χ2n) is 7.92. The second-order valence-corrected chi connectivity index (χ2v) is 7.92. The Labute approximate surface area is 167 Å². The fraction of sp³-hybridized carbons (Fsp3) is 0.714. The van der Waals surface area contributed by atoms with Gasteiger partial charge in [0.05, 0.1) is 32.5 Å². The molecule has 28 heavy (non-hydrogen) atoms. The Kier molecular flexibility index (Phi) is 7.17. The van der Waals surface area contributed by atoms with E-state index < -0.39 is 0 Å². The van der Waals surface area contributed by atoms with Gasteiger partial charge in [0.25, 0.3) is 0 Å². The van der Waals surface area contributed by atoms with Crippen molar-refractivity contribution in [1.82, 2.24) is 14.7 Å². The van der Waals surface area contributed by atoms with Gasteiger partial charge in [0, 0.05) is 58.4 Å². The number of hydrogen-bond donors (Lipinski definition) is 1. The van der Waals surface area contributed by atoms with Crippen molar-refractivity contribution < 1.29 is 19.3 Å². The number of rotatable bonds is 7. The fourth-order valence-corrected chi connectivity index (χ4v) is 4.31. The molecule has 2 atom stereocenters. The van der Waals surface area contributed by atoms with Gasteiger partial charge in [-0.3, -0.25) is 14.7 Å². The second kappa shape index (κ2) is 10.0. The van der Waals surface area contributed by atoms with Crippen molar-refractivity contribution in [3.8, 4) is 5.75 Å². The molecule has 7 heteroatoms. The Balaban J connectivity index is 1.21. The molecular weight excluding hydrogens is 358 g/mol. The van der Waals surface area contributed by atoms with Gasteiger partial charge in [0.15, 0.2) is 0 Å². The molecule has 0 spiro atoms. The Hall–Kier alpha value is -1.22. The molecule has 0 amide bonds. The van der Waals surface area contributed by atoms with Crippen LogP contribution in [0.3, 0.4) is 0 Å². The average molecular weight is 392 g/mol. The highest BCUT2D eigenvalue weighted by atomic mass is 16.5. The molecule has 0 unspecified atom stereocenters. The third-order valence-electron chi connectivity index (χ3n) is 5.96. The van der Waals surface area contributed by atoms with E-state index in [0.717, 1.165) is 84.5 Å². The molecular formula is C21H33N3O4. The van der Waals surface area contributed by atoms with Crippen LogP contribution in [0.2, 0.25) is 0 Å². The van der Waals surface area contributed by atoms with Gasteiger partial charge < -0.3 is 19.3 Å². The highest BCUT2D eigenvalue weighted by Crippen LogP contribution is 2.21. The maximum absolute atomic E-state index is 10.5. The van der Waals surface area contributed by atoms with Crippen LogP contribution >= 0.6 is 0 Å². The van der Waals surface area contributed by atoms with Gasteiger partial charge in [-0.25, -0.2) is 0 Å². The molecule has 3 heterocycles. The van der Waals surface area contributed by atoms with Crippen LogP contribution in [-0.4, -0.2) is 111 Å². The van der Waals surface area contributed by atoms with Gasteiger partial charge in [0.2, 0.25) is 0 Å². The molecule has 0 bridgehead atoms. The minimum Gasteiger partial charge on any atom is -0.492 e. The van der Waals surface area contributed by atoms with Crippen molar-refractivity contribution in [3.05, 3.63) is 29.8 Å². The summed E-state index contributed by atoms with van der Waals surface area (Å²) in [6.07, 6.45) is -0.277. The summed E-state index contributed by atoms with van der Waals surface area (Å²) in [5, 5.41) is 10.5. The number of nitrogens with zero attached hydrogens (tertiary/aromatic N) is 3. The molecule has 156 valence electrons. The number of ether oxygens (including phenoxy) is 3. The first kappa shape index (κ1) is 20.1. The lowest BCUT2D eigenvalue weighted by molar-refractivity contribution is -0.00618. The molecule has 0 aliphatic carbocycles. The first-order valence-corrected chi connectivity index (χ1v) is 10.5. The first-order chi connectivity index (χ1) is 13.8. The lowest BCUT2D eigenvalue weighted by atomic mass is 10.1. The Bertz CT molecular complexity index is 588. The summed E-state index contributed by atoms with van der Waals surface area (Å²) in [5.74, 6) is 0.921. The molecule has 3 fully saturated rings. The molecule has 1 aromatic rings. The number of benzene rings is 1. The molecule has 1 N–H and O–H groups in total. The van der Waals surface area contributed by atoms with Crippen LogP contribution < -0.4 is 4.74 Å². The minimum absolute atomic E-state index is 0.228. The van der Waals surface area contributed by atoms with E-state index in [4.69, 9.17) is 14.2 Å². The third-order valence-corrected chi connectivity index (χ3v) is 5.96. The summed E-state index contributed by atoms with van der Waals surface area (Å²) in [6, 6.07) is 8.62. The molecule has 0 radical (unpaired) electrons. The first-order valence-electron chi connectivity index (χ1n) is 10.5. The topological polar surface area (TPSA) is 57.6 Å². The highest BCUT2D eigenvalue weighted by Gasteiger charge is 2.35. The van der Waals surface area contributed by atoms with Crippen LogP contribution in [0.15, 0.2) is 24.3 Å². The van der Waals surface area contributed by atoms with Crippen LogP contribution in [0.1, 0.15) is 5.56 Å². The molecule has 1 aromatic carbocycles. The molecule has 3 aliphatic heterocycles. The lowest BCUT2D eigenvalue weighted by Crippen LogP contribution is -2.48. The Morgan fingerprint density at radius 3 is 2.29 bits per heavy atom. The van der Waals surface area contributed by atoms with E-state index >= 15 is 0 Å². The molecule has 3 saturated heterocycles. The number of β-amino-alcohol motifs (C(OH)–C–C–N with tert-alkyl or cyclic N) is 1. The Morgan fingerprint density at radius 2 is 1.57 bits per heavy atom. The van der Waals surface area contributed by atoms with E-state index in [1.165, 1.54) is 5.56 Å². The maximum Gasteiger partial charge on any atom is 0.119 e. The SMILES string of the molecule is O[C@H]1CN(Cc2ccc(OCCN3CCOCC3)cc2)C[C@@H]1N1CCOCC1. The minimum atomic E-state index is -0.277. The zero-order chi connectivity index (χ0) is 19.2. The van der Waals surface area contributed by atoms with Crippen molar-refractivity contribution in [2.75, 3.05) is 78.8 Å². The largest absolute Gasteiger partial charge is 0.492 e. The van der Waals surface area contributed by atoms with Crippen LogP contribution in [-0.2, 0) is 16.0 Å². The van der Waals surface area contributed by atoms with E-state index in [0.29, 0.717) is 6.61 Å². The van der Waals surface area contributed by atoms with Crippen molar-refractivity contribution in [1.29, 1.82) is 0 Å². The number of hydrogen-bond acceptors (Lipinski definition) is 7. The van der Waals surface area contributed by atoms with Crippen molar-refractivity contribution in [3.63, 3.8) is 0 Å². The van der Waals surface area contributed by atoms with Gasteiger partial charge in [-0.05, 0) is 17.7 Å². The molecule has 3 aliphatic rings. The quantitative estimate of drug-likeness (QED) is 0.716. The summed E-state index contributed by atoms with van der Waals surface area (Å²) in [7, 11) is 0. The van der Waals surface area contributed by atoms with E-state index in [-0.39, 0.29) is 12.1 Å². The number of morpholine rings is 2.